The molecule has 58 valence electrons. The monoisotopic (exact) mass is 167 g/mol. The quantitative estimate of drug-likeness (QED) is 0.550. The van der Waals surface area contributed by atoms with Gasteiger partial charge in [-0.15, -0.1) is 11.8 Å². The summed E-state index contributed by atoms with van der Waals surface area (Å²) >= 11 is 1.81. The molecule has 0 N–H and O–H groups in total. The molecule has 11 heavy (non-hydrogen) atoms. The van der Waals surface area contributed by atoms with Gasteiger partial charge >= 0.3 is 0 Å². The maximum Gasteiger partial charge on any atom is 0.230 e. The third kappa shape index (κ3) is 0.997. The van der Waals surface area contributed by atoms with Gasteiger partial charge in [-0.1, -0.05) is 12.7 Å². The number of fused-ring (bicyclic) bond motifs is 1. The molecule has 0 saturated carbocycles. The van der Waals surface area contributed by atoms with E-state index in [0.29, 0.717) is 11.8 Å². The molecule has 0 aromatic carbocycles. The molecule has 0 aromatic rings. The summed E-state index contributed by atoms with van der Waals surface area (Å²) in [5.41, 5.74) is 1.15. The van der Waals surface area contributed by atoms with Gasteiger partial charge < -0.3 is 4.90 Å². The molecule has 0 radical (unpaired) electrons. The summed E-state index contributed by atoms with van der Waals surface area (Å²) in [5.74, 6) is 1.24. The highest BCUT2D eigenvalue weighted by atomic mass is 32.2. The van der Waals surface area contributed by atoms with Crippen LogP contribution in [0.25, 0.3) is 0 Å². The van der Waals surface area contributed by atoms with E-state index in [1.54, 1.807) is 4.90 Å². The minimum Gasteiger partial charge on any atom is -0.306 e. The zero-order valence-electron chi connectivity index (χ0n) is 6.12. The van der Waals surface area contributed by atoms with Crippen molar-refractivity contribution in [1.82, 2.24) is 4.90 Å². The molecule has 2 rings (SSSR count). The fourth-order valence-electron chi connectivity index (χ4n) is 1.22. The van der Waals surface area contributed by atoms with Crippen molar-refractivity contribution in [2.24, 2.45) is 0 Å². The van der Waals surface area contributed by atoms with Crippen molar-refractivity contribution >= 4 is 17.7 Å². The van der Waals surface area contributed by atoms with Crippen LogP contribution in [0.1, 0.15) is 6.42 Å². The van der Waals surface area contributed by atoms with Gasteiger partial charge in [0.25, 0.3) is 0 Å². The van der Waals surface area contributed by atoms with Crippen molar-refractivity contribution in [3.05, 3.63) is 24.4 Å². The molecule has 0 bridgehead atoms. The van der Waals surface area contributed by atoms with Gasteiger partial charge in [0, 0.05) is 12.0 Å². The Morgan fingerprint density at radius 1 is 1.82 bits per heavy atom. The Morgan fingerprint density at radius 2 is 2.64 bits per heavy atom. The van der Waals surface area contributed by atoms with Gasteiger partial charge in [-0.05, 0) is 5.57 Å². The van der Waals surface area contributed by atoms with Crippen LogP contribution in [0.15, 0.2) is 24.4 Å². The maximum atomic E-state index is 11.0. The number of rotatable bonds is 1. The lowest BCUT2D eigenvalue weighted by Gasteiger charge is -2.40. The maximum absolute atomic E-state index is 11.0. The lowest BCUT2D eigenvalue weighted by Crippen LogP contribution is -2.48. The molecule has 1 fully saturated rings. The van der Waals surface area contributed by atoms with Crippen molar-refractivity contribution < 1.29 is 4.79 Å². The van der Waals surface area contributed by atoms with Crippen molar-refractivity contribution in [3.63, 3.8) is 0 Å². The molecule has 2 aliphatic rings. The van der Waals surface area contributed by atoms with E-state index in [9.17, 15) is 4.79 Å². The predicted octanol–water partition coefficient (Wildman–Crippen LogP) is 1.36. The smallest absolute Gasteiger partial charge is 0.230 e. The van der Waals surface area contributed by atoms with Crippen molar-refractivity contribution in [1.29, 1.82) is 0 Å². The Morgan fingerprint density at radius 3 is 3.27 bits per heavy atom. The van der Waals surface area contributed by atoms with Gasteiger partial charge in [-0.25, -0.2) is 0 Å². The summed E-state index contributed by atoms with van der Waals surface area (Å²) in [6, 6.07) is 0. The topological polar surface area (TPSA) is 20.3 Å². The minimum absolute atomic E-state index is 0.238. The molecule has 2 heterocycles. The molecule has 1 atom stereocenters. The predicted molar refractivity (Wildman–Crippen MR) is 46.0 cm³/mol. The highest BCUT2D eigenvalue weighted by Crippen LogP contribution is 2.35. The van der Waals surface area contributed by atoms with E-state index in [1.165, 1.54) is 0 Å². The molecular formula is C8H9NOS. The summed E-state index contributed by atoms with van der Waals surface area (Å²) in [7, 11) is 0. The Kier molecular flexibility index (Phi) is 1.53. The molecule has 1 saturated heterocycles. The summed E-state index contributed by atoms with van der Waals surface area (Å²) < 4.78 is 0. The summed E-state index contributed by atoms with van der Waals surface area (Å²) in [6.45, 7) is 3.67. The van der Waals surface area contributed by atoms with E-state index in [2.05, 4.69) is 6.58 Å². The number of hydrogen-bond donors (Lipinski definition) is 0. The fraction of sp³-hybridized carbons (Fsp3) is 0.375. The first-order chi connectivity index (χ1) is 5.31. The SMILES string of the molecule is C=CC1=CN2C(=O)C[C@@H]2SC1. The standard InChI is InChI=1S/C8H9NOS/c1-2-6-4-9-7(10)3-8(9)11-5-6/h2,4,8H,1,3,5H2/t8-/m0/s1. The van der Waals surface area contributed by atoms with E-state index in [4.69, 9.17) is 0 Å². The first-order valence-electron chi connectivity index (χ1n) is 3.57. The van der Waals surface area contributed by atoms with E-state index < -0.39 is 0 Å². The van der Waals surface area contributed by atoms with Crippen molar-refractivity contribution in [2.75, 3.05) is 5.75 Å². The number of amides is 1. The largest absolute Gasteiger partial charge is 0.306 e. The molecule has 0 spiro atoms. The Hall–Kier alpha value is -0.700. The van der Waals surface area contributed by atoms with E-state index in [-0.39, 0.29) is 5.91 Å². The zero-order valence-corrected chi connectivity index (χ0v) is 6.93. The van der Waals surface area contributed by atoms with Crippen molar-refractivity contribution in [2.45, 2.75) is 11.8 Å². The number of nitrogens with zero attached hydrogens (tertiary/aromatic N) is 1. The van der Waals surface area contributed by atoms with Crippen LogP contribution in [0.2, 0.25) is 0 Å². The van der Waals surface area contributed by atoms with Crippen LogP contribution in [0.3, 0.4) is 0 Å². The molecule has 1 amide bonds. The lowest BCUT2D eigenvalue weighted by atomic mass is 10.2. The van der Waals surface area contributed by atoms with E-state index >= 15 is 0 Å². The minimum atomic E-state index is 0.238. The number of hydrogen-bond acceptors (Lipinski definition) is 2. The molecular weight excluding hydrogens is 158 g/mol. The van der Waals surface area contributed by atoms with Crippen LogP contribution in [-0.2, 0) is 4.79 Å². The van der Waals surface area contributed by atoms with Gasteiger partial charge in [0.05, 0.1) is 11.8 Å². The van der Waals surface area contributed by atoms with Gasteiger partial charge in [0.2, 0.25) is 5.91 Å². The number of β-lactam (4-membered cyclic amide) rings is 1. The lowest BCUT2D eigenvalue weighted by molar-refractivity contribution is -0.137. The molecule has 3 heteroatoms. The van der Waals surface area contributed by atoms with Crippen LogP contribution in [0, 0.1) is 0 Å². The number of thioether (sulfide) groups is 1. The normalized spacial score (nSPS) is 28.7. The van der Waals surface area contributed by atoms with Gasteiger partial charge in [-0.2, -0.15) is 0 Å². The third-order valence-corrected chi connectivity index (χ3v) is 3.24. The molecule has 0 aliphatic carbocycles. The van der Waals surface area contributed by atoms with Crippen LogP contribution in [0.5, 0.6) is 0 Å². The summed E-state index contributed by atoms with van der Waals surface area (Å²) in [4.78, 5) is 12.8. The highest BCUT2D eigenvalue weighted by Gasteiger charge is 2.37. The molecule has 0 unspecified atom stereocenters. The average molecular weight is 167 g/mol. The number of carbonyl (C=O) groups excluding carboxylic acids is 1. The number of carbonyl (C=O) groups is 1. The number of allylic oxidation sites excluding steroid dienone is 1. The molecule has 2 nitrogen and oxygen atoms in total. The first-order valence-corrected chi connectivity index (χ1v) is 4.62. The zero-order chi connectivity index (χ0) is 7.84. The van der Waals surface area contributed by atoms with E-state index in [0.717, 1.165) is 11.3 Å². The molecule has 0 aromatic heterocycles. The Bertz CT molecular complexity index is 246. The highest BCUT2D eigenvalue weighted by molar-refractivity contribution is 8.00. The van der Waals surface area contributed by atoms with Gasteiger partial charge in [-0.3, -0.25) is 4.79 Å². The average Bonchev–Trinajstić information content (AvgIpc) is 2.03. The van der Waals surface area contributed by atoms with Gasteiger partial charge in [0.15, 0.2) is 0 Å². The molecule has 2 aliphatic heterocycles. The van der Waals surface area contributed by atoms with Crippen LogP contribution < -0.4 is 0 Å². The first kappa shape index (κ1) is 6.98. The van der Waals surface area contributed by atoms with Crippen LogP contribution in [0.4, 0.5) is 0 Å². The summed E-state index contributed by atoms with van der Waals surface area (Å²) in [6.07, 6.45) is 4.44. The van der Waals surface area contributed by atoms with Crippen molar-refractivity contribution in [3.8, 4) is 0 Å². The fourth-order valence-corrected chi connectivity index (χ4v) is 2.39. The van der Waals surface area contributed by atoms with Crippen LogP contribution >= 0.6 is 11.8 Å². The Labute approximate surface area is 69.9 Å². The van der Waals surface area contributed by atoms with Crippen LogP contribution in [-0.4, -0.2) is 21.9 Å². The van der Waals surface area contributed by atoms with E-state index in [1.807, 2.05) is 24.0 Å². The third-order valence-electron chi connectivity index (χ3n) is 1.96. The second kappa shape index (κ2) is 2.41. The Balaban J connectivity index is 2.18. The second-order valence-corrected chi connectivity index (χ2v) is 3.85. The second-order valence-electron chi connectivity index (χ2n) is 2.68. The summed E-state index contributed by atoms with van der Waals surface area (Å²) in [5, 5.41) is 0.422. The van der Waals surface area contributed by atoms with Gasteiger partial charge in [0.1, 0.15) is 0 Å².